The van der Waals surface area contributed by atoms with E-state index in [4.69, 9.17) is 23.7 Å². The number of hydrogen-bond donors (Lipinski definition) is 2. The van der Waals surface area contributed by atoms with Gasteiger partial charge in [-0.25, -0.2) is 0 Å². The molecule has 0 bridgehead atoms. The lowest BCUT2D eigenvalue weighted by atomic mass is 10.1. The number of hydrogen-bond acceptors (Lipinski definition) is 9. The van der Waals surface area contributed by atoms with Crippen molar-refractivity contribution in [3.63, 3.8) is 0 Å². The standard InChI is InChI=1S/C28H28N2O9/c1-35-22-14-17(7-11-20(22)30(33)34)8-13-25(32)29-26-19(10-12-21(31)27(26)38-4)9-6-18-15-23(36-2)28(39-5)24(16-18)37-3/h6-16,31H,1-5H3,(H,29,32)/b9-6+,13-8+. The van der Waals surface area contributed by atoms with Crippen molar-refractivity contribution in [2.24, 2.45) is 0 Å². The summed E-state index contributed by atoms with van der Waals surface area (Å²) in [6.45, 7) is 0. The Morgan fingerprint density at radius 3 is 1.97 bits per heavy atom. The van der Waals surface area contributed by atoms with E-state index in [2.05, 4.69) is 5.32 Å². The van der Waals surface area contributed by atoms with Crippen LogP contribution >= 0.6 is 0 Å². The van der Waals surface area contributed by atoms with Crippen LogP contribution in [-0.2, 0) is 4.79 Å². The summed E-state index contributed by atoms with van der Waals surface area (Å²) in [5.41, 5.74) is 1.82. The number of amides is 1. The fourth-order valence-electron chi connectivity index (χ4n) is 3.73. The maximum absolute atomic E-state index is 12.8. The number of anilines is 1. The van der Waals surface area contributed by atoms with Gasteiger partial charge in [-0.3, -0.25) is 14.9 Å². The van der Waals surface area contributed by atoms with E-state index in [9.17, 15) is 20.0 Å². The molecule has 39 heavy (non-hydrogen) atoms. The molecule has 0 saturated carbocycles. The van der Waals surface area contributed by atoms with Gasteiger partial charge in [-0.15, -0.1) is 0 Å². The fourth-order valence-corrected chi connectivity index (χ4v) is 3.73. The second kappa shape index (κ2) is 12.9. The minimum Gasteiger partial charge on any atom is -0.504 e. The van der Waals surface area contributed by atoms with Crippen molar-refractivity contribution < 1.29 is 38.5 Å². The third-order valence-electron chi connectivity index (χ3n) is 5.59. The van der Waals surface area contributed by atoms with E-state index in [0.29, 0.717) is 28.4 Å². The zero-order chi connectivity index (χ0) is 28.5. The minimum absolute atomic E-state index is 0.0661. The van der Waals surface area contributed by atoms with Gasteiger partial charge in [-0.05, 0) is 53.6 Å². The molecule has 0 fully saturated rings. The molecular weight excluding hydrogens is 508 g/mol. The molecule has 11 heteroatoms. The van der Waals surface area contributed by atoms with Gasteiger partial charge in [0.15, 0.2) is 28.7 Å². The van der Waals surface area contributed by atoms with E-state index >= 15 is 0 Å². The van der Waals surface area contributed by atoms with Crippen LogP contribution < -0.4 is 29.0 Å². The Labute approximate surface area is 225 Å². The molecular formula is C28H28N2O9. The number of methoxy groups -OCH3 is 5. The predicted octanol–water partition coefficient (Wildman–Crippen LogP) is 5.17. The molecule has 0 radical (unpaired) electrons. The number of phenols is 1. The lowest BCUT2D eigenvalue weighted by molar-refractivity contribution is -0.385. The number of phenolic OH excluding ortho intramolecular Hbond substituents is 1. The van der Waals surface area contributed by atoms with Crippen LogP contribution in [0.25, 0.3) is 18.2 Å². The number of aromatic hydroxyl groups is 1. The zero-order valence-electron chi connectivity index (χ0n) is 22.0. The number of nitrogens with one attached hydrogen (secondary N) is 1. The molecule has 3 aromatic rings. The van der Waals surface area contributed by atoms with Crippen LogP contribution in [0.2, 0.25) is 0 Å². The summed E-state index contributed by atoms with van der Waals surface area (Å²) in [5, 5.41) is 24.1. The number of rotatable bonds is 11. The van der Waals surface area contributed by atoms with Gasteiger partial charge in [0, 0.05) is 17.7 Å². The highest BCUT2D eigenvalue weighted by molar-refractivity contribution is 6.04. The van der Waals surface area contributed by atoms with Crippen LogP contribution in [0.1, 0.15) is 16.7 Å². The molecule has 3 rings (SSSR count). The highest BCUT2D eigenvalue weighted by Gasteiger charge is 2.17. The van der Waals surface area contributed by atoms with Crippen molar-refractivity contribution in [2.45, 2.75) is 0 Å². The first-order valence-electron chi connectivity index (χ1n) is 11.5. The van der Waals surface area contributed by atoms with Crippen molar-refractivity contribution in [1.29, 1.82) is 0 Å². The largest absolute Gasteiger partial charge is 0.504 e. The number of benzene rings is 3. The molecule has 1 amide bonds. The zero-order valence-corrected chi connectivity index (χ0v) is 22.0. The summed E-state index contributed by atoms with van der Waals surface area (Å²) in [6, 6.07) is 10.8. The van der Waals surface area contributed by atoms with Crippen LogP contribution in [0.4, 0.5) is 11.4 Å². The van der Waals surface area contributed by atoms with E-state index in [1.54, 1.807) is 30.4 Å². The van der Waals surface area contributed by atoms with Gasteiger partial charge in [0.05, 0.1) is 46.2 Å². The molecule has 0 atom stereocenters. The maximum Gasteiger partial charge on any atom is 0.310 e. The van der Waals surface area contributed by atoms with Crippen LogP contribution in [0.3, 0.4) is 0 Å². The highest BCUT2D eigenvalue weighted by atomic mass is 16.6. The molecule has 2 N–H and O–H groups in total. The first-order chi connectivity index (χ1) is 18.8. The van der Waals surface area contributed by atoms with Crippen molar-refractivity contribution in [3.8, 4) is 34.5 Å². The fraction of sp³-hybridized carbons (Fsp3) is 0.179. The summed E-state index contributed by atoms with van der Waals surface area (Å²) >= 11 is 0. The number of nitro benzene ring substituents is 1. The van der Waals surface area contributed by atoms with Crippen molar-refractivity contribution in [1.82, 2.24) is 0 Å². The first kappa shape index (κ1) is 28.4. The Balaban J connectivity index is 1.92. The lowest BCUT2D eigenvalue weighted by Gasteiger charge is -2.14. The van der Waals surface area contributed by atoms with Gasteiger partial charge >= 0.3 is 5.69 Å². The molecule has 0 unspecified atom stereocenters. The Kier molecular flexibility index (Phi) is 9.36. The van der Waals surface area contributed by atoms with Gasteiger partial charge in [0.2, 0.25) is 11.7 Å². The molecule has 0 aromatic heterocycles. The molecule has 0 aliphatic heterocycles. The normalized spacial score (nSPS) is 10.9. The van der Waals surface area contributed by atoms with Crippen LogP contribution in [0, 0.1) is 10.1 Å². The summed E-state index contributed by atoms with van der Waals surface area (Å²) in [4.78, 5) is 23.4. The van der Waals surface area contributed by atoms with Gasteiger partial charge < -0.3 is 34.1 Å². The molecule has 0 aliphatic carbocycles. The number of nitrogens with zero attached hydrogens (tertiary/aromatic N) is 1. The average Bonchev–Trinajstić information content (AvgIpc) is 2.94. The minimum atomic E-state index is -0.555. The van der Waals surface area contributed by atoms with Crippen LogP contribution in [0.15, 0.2) is 48.5 Å². The number of carbonyl (C=O) groups excluding carboxylic acids is 1. The van der Waals surface area contributed by atoms with Gasteiger partial charge in [-0.1, -0.05) is 12.2 Å². The molecule has 0 saturated heterocycles. The second-order valence-electron chi connectivity index (χ2n) is 7.89. The second-order valence-corrected chi connectivity index (χ2v) is 7.89. The smallest absolute Gasteiger partial charge is 0.310 e. The number of carbonyl (C=O) groups is 1. The Morgan fingerprint density at radius 2 is 1.41 bits per heavy atom. The third-order valence-corrected chi connectivity index (χ3v) is 5.59. The summed E-state index contributed by atoms with van der Waals surface area (Å²) in [6.07, 6.45) is 6.22. The molecule has 11 nitrogen and oxygen atoms in total. The first-order valence-corrected chi connectivity index (χ1v) is 11.5. The summed E-state index contributed by atoms with van der Waals surface area (Å²) < 4.78 is 26.6. The highest BCUT2D eigenvalue weighted by Crippen LogP contribution is 2.40. The van der Waals surface area contributed by atoms with Crippen molar-refractivity contribution in [2.75, 3.05) is 40.9 Å². The molecule has 0 spiro atoms. The quantitative estimate of drug-likeness (QED) is 0.147. The average molecular weight is 537 g/mol. The number of ether oxygens (including phenoxy) is 5. The van der Waals surface area contributed by atoms with Crippen molar-refractivity contribution in [3.05, 3.63) is 75.3 Å². The van der Waals surface area contributed by atoms with Crippen LogP contribution in [-0.4, -0.2) is 51.5 Å². The third kappa shape index (κ3) is 6.58. The SMILES string of the molecule is COc1cc(/C=C/C(=O)Nc2c(/C=C/c3cc(OC)c(OC)c(OC)c3)ccc(O)c2OC)ccc1[N+](=O)[O-]. The Morgan fingerprint density at radius 1 is 0.795 bits per heavy atom. The Bertz CT molecular complexity index is 1410. The van der Waals surface area contributed by atoms with E-state index in [1.807, 2.05) is 0 Å². The van der Waals surface area contributed by atoms with E-state index in [0.717, 1.165) is 5.56 Å². The molecule has 0 aliphatic rings. The molecule has 204 valence electrons. The van der Waals surface area contributed by atoms with Crippen molar-refractivity contribution >= 4 is 35.5 Å². The number of nitro groups is 1. The lowest BCUT2D eigenvalue weighted by Crippen LogP contribution is -2.10. The van der Waals surface area contributed by atoms with E-state index < -0.39 is 10.8 Å². The van der Waals surface area contributed by atoms with Crippen LogP contribution in [0.5, 0.6) is 34.5 Å². The molecule has 0 heterocycles. The summed E-state index contributed by atoms with van der Waals surface area (Å²) in [5.74, 6) is 0.842. The van der Waals surface area contributed by atoms with Gasteiger partial charge in [-0.2, -0.15) is 0 Å². The Hall–Kier alpha value is -5.19. The van der Waals surface area contributed by atoms with E-state index in [1.165, 1.54) is 72.0 Å². The maximum atomic E-state index is 12.8. The van der Waals surface area contributed by atoms with E-state index in [-0.39, 0.29) is 28.6 Å². The monoisotopic (exact) mass is 536 g/mol. The predicted molar refractivity (Wildman–Crippen MR) is 147 cm³/mol. The van der Waals surface area contributed by atoms with Gasteiger partial charge in [0.1, 0.15) is 0 Å². The van der Waals surface area contributed by atoms with Gasteiger partial charge in [0.25, 0.3) is 0 Å². The summed E-state index contributed by atoms with van der Waals surface area (Å²) in [7, 11) is 7.24. The topological polar surface area (TPSA) is 139 Å². The molecule has 3 aromatic carbocycles.